The summed E-state index contributed by atoms with van der Waals surface area (Å²) in [6, 6.07) is 11.8. The maximum atomic E-state index is 5.43. The first-order valence-corrected chi connectivity index (χ1v) is 11.3. The average Bonchev–Trinajstić information content (AvgIpc) is 3.51. The molecule has 0 unspecified atom stereocenters. The van der Waals surface area contributed by atoms with E-state index in [1.54, 1.807) is 36.5 Å². The van der Waals surface area contributed by atoms with Crippen molar-refractivity contribution < 1.29 is 9.15 Å². The van der Waals surface area contributed by atoms with Crippen LogP contribution in [0.4, 0.5) is 0 Å². The Morgan fingerprint density at radius 1 is 1.17 bits per heavy atom. The zero-order valence-electron chi connectivity index (χ0n) is 16.4. The molecule has 6 nitrogen and oxygen atoms in total. The quantitative estimate of drug-likeness (QED) is 0.317. The third-order valence-corrected chi connectivity index (χ3v) is 6.34. The van der Waals surface area contributed by atoms with Gasteiger partial charge in [0.25, 0.3) is 0 Å². The monoisotopic (exact) mass is 426 g/mol. The Balaban J connectivity index is 1.52. The lowest BCUT2D eigenvalue weighted by Gasteiger charge is -2.09. The second-order valence-corrected chi connectivity index (χ2v) is 8.25. The van der Waals surface area contributed by atoms with Gasteiger partial charge in [0, 0.05) is 23.2 Å². The molecule has 3 aromatic heterocycles. The van der Waals surface area contributed by atoms with Crippen LogP contribution in [0.1, 0.15) is 25.5 Å². The average molecular weight is 427 g/mol. The highest BCUT2D eigenvalue weighted by atomic mass is 32.2. The number of aromatic nitrogens is 4. The minimum Gasteiger partial charge on any atom is -0.497 e. The lowest BCUT2D eigenvalue weighted by molar-refractivity contribution is 0.415. The SMILES string of the molecule is CCCCn1c(SCc2csc(-c3ccco3)n2)nnc1-c1ccc(OC)cc1. The van der Waals surface area contributed by atoms with Crippen LogP contribution < -0.4 is 4.74 Å². The summed E-state index contributed by atoms with van der Waals surface area (Å²) in [5, 5.41) is 12.8. The van der Waals surface area contributed by atoms with Crippen molar-refractivity contribution in [3.63, 3.8) is 0 Å². The molecule has 0 aliphatic carbocycles. The van der Waals surface area contributed by atoms with E-state index in [0.29, 0.717) is 0 Å². The molecule has 0 fully saturated rings. The Labute approximate surface area is 178 Å². The van der Waals surface area contributed by atoms with Gasteiger partial charge in [0.05, 0.1) is 19.1 Å². The van der Waals surface area contributed by atoms with Crippen LogP contribution in [0.5, 0.6) is 5.75 Å². The normalized spacial score (nSPS) is 11.1. The molecule has 3 heterocycles. The van der Waals surface area contributed by atoms with E-state index in [4.69, 9.17) is 9.15 Å². The fourth-order valence-corrected chi connectivity index (χ4v) is 4.64. The van der Waals surface area contributed by atoms with Gasteiger partial charge in [0.15, 0.2) is 21.7 Å². The van der Waals surface area contributed by atoms with E-state index in [-0.39, 0.29) is 0 Å². The molecule has 0 bridgehead atoms. The third-order valence-electron chi connectivity index (χ3n) is 4.43. The number of unbranched alkanes of at least 4 members (excludes halogenated alkanes) is 1. The van der Waals surface area contributed by atoms with Crippen LogP contribution in [0.2, 0.25) is 0 Å². The summed E-state index contributed by atoms with van der Waals surface area (Å²) in [5.41, 5.74) is 2.05. The lowest BCUT2D eigenvalue weighted by atomic mass is 10.2. The Kier molecular flexibility index (Phi) is 6.31. The summed E-state index contributed by atoms with van der Waals surface area (Å²) in [5.74, 6) is 3.26. The summed E-state index contributed by atoms with van der Waals surface area (Å²) in [6.45, 7) is 3.08. The van der Waals surface area contributed by atoms with Gasteiger partial charge in [-0.2, -0.15) is 0 Å². The smallest absolute Gasteiger partial charge is 0.191 e. The minimum absolute atomic E-state index is 0.740. The number of furan rings is 1. The summed E-state index contributed by atoms with van der Waals surface area (Å²) >= 11 is 3.26. The highest BCUT2D eigenvalue weighted by Gasteiger charge is 2.15. The fourth-order valence-electron chi connectivity index (χ4n) is 2.89. The van der Waals surface area contributed by atoms with Crippen LogP contribution in [0.15, 0.2) is 57.6 Å². The van der Waals surface area contributed by atoms with Gasteiger partial charge in [0.2, 0.25) is 0 Å². The Hall–Kier alpha value is -2.58. The summed E-state index contributed by atoms with van der Waals surface area (Å²) in [6.07, 6.45) is 3.86. The maximum Gasteiger partial charge on any atom is 0.191 e. The third kappa shape index (κ3) is 4.54. The van der Waals surface area contributed by atoms with Crippen molar-refractivity contribution in [3.8, 4) is 27.9 Å². The van der Waals surface area contributed by atoms with Gasteiger partial charge in [0.1, 0.15) is 5.75 Å². The molecule has 29 heavy (non-hydrogen) atoms. The van der Waals surface area contributed by atoms with Crippen molar-refractivity contribution in [1.82, 2.24) is 19.7 Å². The highest BCUT2D eigenvalue weighted by Crippen LogP contribution is 2.30. The van der Waals surface area contributed by atoms with Gasteiger partial charge in [-0.1, -0.05) is 25.1 Å². The van der Waals surface area contributed by atoms with E-state index in [1.165, 1.54) is 0 Å². The van der Waals surface area contributed by atoms with Crippen molar-refractivity contribution in [1.29, 1.82) is 0 Å². The Morgan fingerprint density at radius 3 is 2.76 bits per heavy atom. The Bertz CT molecular complexity index is 1040. The number of thiazole rings is 1. The Morgan fingerprint density at radius 2 is 2.03 bits per heavy atom. The van der Waals surface area contributed by atoms with Crippen molar-refractivity contribution in [2.45, 2.75) is 37.2 Å². The molecule has 4 rings (SSSR count). The summed E-state index contributed by atoms with van der Waals surface area (Å²) in [4.78, 5) is 4.68. The van der Waals surface area contributed by atoms with E-state index in [9.17, 15) is 0 Å². The standard InChI is InChI=1S/C21H22N4O2S2/c1-3-4-11-25-19(15-7-9-17(26-2)10-8-15)23-24-21(25)29-14-16-13-28-20(22-16)18-6-5-12-27-18/h5-10,12-13H,3-4,11,14H2,1-2H3. The van der Waals surface area contributed by atoms with Gasteiger partial charge in [-0.15, -0.1) is 21.5 Å². The molecule has 0 aliphatic rings. The molecule has 150 valence electrons. The molecule has 0 saturated carbocycles. The van der Waals surface area contributed by atoms with Crippen LogP contribution in [-0.2, 0) is 12.3 Å². The predicted octanol–water partition coefficient (Wildman–Crippen LogP) is 5.76. The van der Waals surface area contributed by atoms with Crippen molar-refractivity contribution in [3.05, 3.63) is 53.7 Å². The molecule has 0 aliphatic heterocycles. The number of thioether (sulfide) groups is 1. The largest absolute Gasteiger partial charge is 0.497 e. The van der Waals surface area contributed by atoms with E-state index in [1.807, 2.05) is 36.4 Å². The van der Waals surface area contributed by atoms with Gasteiger partial charge in [-0.05, 0) is 42.8 Å². The highest BCUT2D eigenvalue weighted by molar-refractivity contribution is 7.98. The molecular weight excluding hydrogens is 404 g/mol. The zero-order valence-corrected chi connectivity index (χ0v) is 18.0. The van der Waals surface area contributed by atoms with Crippen molar-refractivity contribution >= 4 is 23.1 Å². The summed E-state index contributed by atoms with van der Waals surface area (Å²) in [7, 11) is 1.67. The van der Waals surface area contributed by atoms with E-state index < -0.39 is 0 Å². The number of hydrogen-bond acceptors (Lipinski definition) is 7. The number of benzene rings is 1. The molecule has 8 heteroatoms. The van der Waals surface area contributed by atoms with Crippen LogP contribution in [0.3, 0.4) is 0 Å². The molecule has 4 aromatic rings. The van der Waals surface area contributed by atoms with Gasteiger partial charge in [-0.25, -0.2) is 4.98 Å². The van der Waals surface area contributed by atoms with E-state index >= 15 is 0 Å². The molecule has 1 aromatic carbocycles. The minimum atomic E-state index is 0.740. The molecule has 0 radical (unpaired) electrons. The molecule has 0 N–H and O–H groups in total. The second kappa shape index (κ2) is 9.28. The topological polar surface area (TPSA) is 66.0 Å². The first-order valence-electron chi connectivity index (χ1n) is 9.47. The predicted molar refractivity (Wildman–Crippen MR) is 116 cm³/mol. The van der Waals surface area contributed by atoms with Gasteiger partial charge in [-0.3, -0.25) is 0 Å². The number of rotatable bonds is 9. The molecule has 0 saturated heterocycles. The molecule has 0 atom stereocenters. The maximum absolute atomic E-state index is 5.43. The second-order valence-electron chi connectivity index (χ2n) is 6.45. The number of hydrogen-bond donors (Lipinski definition) is 0. The van der Waals surface area contributed by atoms with Crippen molar-refractivity contribution in [2.75, 3.05) is 7.11 Å². The van der Waals surface area contributed by atoms with Crippen molar-refractivity contribution in [2.24, 2.45) is 0 Å². The van der Waals surface area contributed by atoms with Crippen LogP contribution in [0, 0.1) is 0 Å². The van der Waals surface area contributed by atoms with Gasteiger partial charge >= 0.3 is 0 Å². The zero-order chi connectivity index (χ0) is 20.1. The molecule has 0 amide bonds. The van der Waals surface area contributed by atoms with Crippen LogP contribution in [-0.4, -0.2) is 26.9 Å². The fraction of sp³-hybridized carbons (Fsp3) is 0.286. The lowest BCUT2D eigenvalue weighted by Crippen LogP contribution is -2.02. The first kappa shape index (κ1) is 19.7. The number of nitrogens with zero attached hydrogens (tertiary/aromatic N) is 4. The van der Waals surface area contributed by atoms with Crippen LogP contribution >= 0.6 is 23.1 Å². The number of methoxy groups -OCH3 is 1. The first-order chi connectivity index (χ1) is 14.3. The number of ether oxygens (including phenoxy) is 1. The van der Waals surface area contributed by atoms with Gasteiger partial charge < -0.3 is 13.7 Å². The summed E-state index contributed by atoms with van der Waals surface area (Å²) < 4.78 is 12.9. The molecular formula is C21H22N4O2S2. The van der Waals surface area contributed by atoms with Crippen LogP contribution in [0.25, 0.3) is 22.2 Å². The molecule has 0 spiro atoms. The van der Waals surface area contributed by atoms with E-state index in [0.717, 1.165) is 63.9 Å². The van der Waals surface area contributed by atoms with E-state index in [2.05, 4.69) is 32.1 Å².